The summed E-state index contributed by atoms with van der Waals surface area (Å²) in [6.07, 6.45) is 4.79. The molecule has 0 aliphatic heterocycles. The van der Waals surface area contributed by atoms with Crippen molar-refractivity contribution in [3.8, 4) is 16.9 Å². The maximum Gasteiger partial charge on any atom is 0.272 e. The van der Waals surface area contributed by atoms with Gasteiger partial charge in [-0.15, -0.1) is 0 Å². The third-order valence-electron chi connectivity index (χ3n) is 5.42. The molecule has 172 valence electrons. The minimum Gasteiger partial charge on any atom is -0.267 e. The lowest BCUT2D eigenvalue weighted by molar-refractivity contribution is 0.0956. The molecule has 3 heterocycles. The van der Waals surface area contributed by atoms with Crippen molar-refractivity contribution in [2.45, 2.75) is 6.92 Å². The van der Waals surface area contributed by atoms with E-state index in [1.54, 1.807) is 37.5 Å². The van der Waals surface area contributed by atoms with Crippen LogP contribution in [0.3, 0.4) is 0 Å². The topological polar surface area (TPSA) is 85.1 Å². The first-order valence-electron chi connectivity index (χ1n) is 10.7. The molecule has 0 radical (unpaired) electrons. The zero-order chi connectivity index (χ0) is 24.4. The Labute approximate surface area is 204 Å². The molecule has 0 unspecified atom stereocenters. The standard InChI is InChI=1S/C26H18ClFN6O/c1-16-22(25(27)34(33-16)19-8-6-18(28)7-9-19)15-30-32-26(35)21-14-24(17-10-12-29-13-11-17)31-23-5-3-2-4-20(21)23/h2-15H,1H3,(H,32,35)/b30-15+. The monoisotopic (exact) mass is 484 g/mol. The van der Waals surface area contributed by atoms with Crippen LogP contribution in [0.15, 0.2) is 84.2 Å². The van der Waals surface area contributed by atoms with Crippen LogP contribution < -0.4 is 5.43 Å². The number of hydrogen-bond donors (Lipinski definition) is 1. The van der Waals surface area contributed by atoms with Gasteiger partial charge in [0.2, 0.25) is 0 Å². The molecule has 5 aromatic rings. The minimum atomic E-state index is -0.394. The fourth-order valence-electron chi connectivity index (χ4n) is 3.66. The van der Waals surface area contributed by atoms with Crippen molar-refractivity contribution in [3.05, 3.63) is 107 Å². The molecular formula is C26H18ClFN6O. The largest absolute Gasteiger partial charge is 0.272 e. The number of rotatable bonds is 5. The fraction of sp³-hybridized carbons (Fsp3) is 0.0385. The zero-order valence-corrected chi connectivity index (χ0v) is 19.2. The number of fused-ring (bicyclic) bond motifs is 1. The second kappa shape index (κ2) is 9.44. The molecule has 35 heavy (non-hydrogen) atoms. The van der Waals surface area contributed by atoms with Gasteiger partial charge in [0.25, 0.3) is 5.91 Å². The third kappa shape index (κ3) is 4.51. The van der Waals surface area contributed by atoms with E-state index in [0.29, 0.717) is 44.3 Å². The Balaban J connectivity index is 1.44. The highest BCUT2D eigenvalue weighted by molar-refractivity contribution is 6.32. The molecule has 1 amide bonds. The van der Waals surface area contributed by atoms with E-state index in [2.05, 4.69) is 25.6 Å². The first kappa shape index (κ1) is 22.4. The van der Waals surface area contributed by atoms with E-state index in [0.717, 1.165) is 5.56 Å². The lowest BCUT2D eigenvalue weighted by Gasteiger charge is -2.09. The molecule has 0 spiro atoms. The molecule has 1 N–H and O–H groups in total. The zero-order valence-electron chi connectivity index (χ0n) is 18.5. The summed E-state index contributed by atoms with van der Waals surface area (Å²) in [7, 11) is 0. The number of carbonyl (C=O) groups is 1. The summed E-state index contributed by atoms with van der Waals surface area (Å²) >= 11 is 6.49. The number of para-hydroxylation sites is 1. The van der Waals surface area contributed by atoms with Crippen molar-refractivity contribution in [2.75, 3.05) is 0 Å². The van der Waals surface area contributed by atoms with Gasteiger partial charge in [0.05, 0.1) is 39.9 Å². The van der Waals surface area contributed by atoms with Crippen molar-refractivity contribution >= 4 is 34.6 Å². The quantitative estimate of drug-likeness (QED) is 0.269. The number of pyridine rings is 2. The molecule has 0 aliphatic rings. The molecule has 0 atom stereocenters. The summed E-state index contributed by atoms with van der Waals surface area (Å²) in [5.41, 5.74) is 6.94. The Morgan fingerprint density at radius 3 is 2.60 bits per heavy atom. The van der Waals surface area contributed by atoms with E-state index in [1.165, 1.54) is 23.0 Å². The fourth-order valence-corrected chi connectivity index (χ4v) is 3.98. The second-order valence-electron chi connectivity index (χ2n) is 7.69. The van der Waals surface area contributed by atoms with Gasteiger partial charge in [0, 0.05) is 23.3 Å². The molecule has 9 heteroatoms. The molecule has 2 aromatic carbocycles. The summed E-state index contributed by atoms with van der Waals surface area (Å²) in [6.45, 7) is 1.77. The molecule has 0 aliphatic carbocycles. The number of carbonyl (C=O) groups excluding carboxylic acids is 1. The smallest absolute Gasteiger partial charge is 0.267 e. The van der Waals surface area contributed by atoms with Crippen molar-refractivity contribution in [3.63, 3.8) is 0 Å². The number of aryl methyl sites for hydroxylation is 1. The van der Waals surface area contributed by atoms with E-state index >= 15 is 0 Å². The van der Waals surface area contributed by atoms with Crippen molar-refractivity contribution in [1.82, 2.24) is 25.2 Å². The summed E-state index contributed by atoms with van der Waals surface area (Å²) in [4.78, 5) is 21.8. The van der Waals surface area contributed by atoms with Crippen LogP contribution in [-0.4, -0.2) is 31.9 Å². The van der Waals surface area contributed by atoms with Gasteiger partial charge in [0.1, 0.15) is 11.0 Å². The maximum atomic E-state index is 13.3. The normalized spacial score (nSPS) is 11.3. The first-order chi connectivity index (χ1) is 17.0. The molecule has 3 aromatic heterocycles. The van der Waals surface area contributed by atoms with Crippen LogP contribution in [0.1, 0.15) is 21.6 Å². The number of aromatic nitrogens is 4. The SMILES string of the molecule is Cc1nn(-c2ccc(F)cc2)c(Cl)c1/C=N/NC(=O)c1cc(-c2ccncc2)nc2ccccc12. The summed E-state index contributed by atoms with van der Waals surface area (Å²) in [5, 5.41) is 9.51. The molecular weight excluding hydrogens is 467 g/mol. The number of benzene rings is 2. The van der Waals surface area contributed by atoms with Crippen LogP contribution in [0.25, 0.3) is 27.8 Å². The number of nitrogens with one attached hydrogen (secondary N) is 1. The van der Waals surface area contributed by atoms with Gasteiger partial charge in [0.15, 0.2) is 0 Å². The van der Waals surface area contributed by atoms with Crippen molar-refractivity contribution in [2.24, 2.45) is 5.10 Å². The second-order valence-corrected chi connectivity index (χ2v) is 8.04. The van der Waals surface area contributed by atoms with Crippen LogP contribution in [0, 0.1) is 12.7 Å². The first-order valence-corrected chi connectivity index (χ1v) is 11.0. The Morgan fingerprint density at radius 2 is 1.83 bits per heavy atom. The summed E-state index contributed by atoms with van der Waals surface area (Å²) < 4.78 is 14.7. The highest BCUT2D eigenvalue weighted by Gasteiger charge is 2.15. The Hall–Kier alpha value is -4.43. The average molecular weight is 485 g/mol. The molecule has 0 bridgehead atoms. The van der Waals surface area contributed by atoms with Crippen LogP contribution in [-0.2, 0) is 0 Å². The van der Waals surface area contributed by atoms with Crippen LogP contribution >= 0.6 is 11.6 Å². The Kier molecular flexibility index (Phi) is 6.03. The predicted octanol–water partition coefficient (Wildman–Crippen LogP) is 5.35. The Morgan fingerprint density at radius 1 is 1.09 bits per heavy atom. The van der Waals surface area contributed by atoms with E-state index < -0.39 is 5.91 Å². The number of nitrogens with zero attached hydrogens (tertiary/aromatic N) is 5. The highest BCUT2D eigenvalue weighted by Crippen LogP contribution is 2.25. The number of hydrazone groups is 1. The van der Waals surface area contributed by atoms with Crippen LogP contribution in [0.4, 0.5) is 4.39 Å². The highest BCUT2D eigenvalue weighted by atomic mass is 35.5. The Bertz CT molecular complexity index is 1560. The van der Waals surface area contributed by atoms with E-state index in [9.17, 15) is 9.18 Å². The van der Waals surface area contributed by atoms with Crippen molar-refractivity contribution in [1.29, 1.82) is 0 Å². The molecule has 7 nitrogen and oxygen atoms in total. The van der Waals surface area contributed by atoms with Crippen LogP contribution in [0.2, 0.25) is 5.15 Å². The molecule has 0 fully saturated rings. The van der Waals surface area contributed by atoms with Gasteiger partial charge < -0.3 is 0 Å². The van der Waals surface area contributed by atoms with Gasteiger partial charge in [-0.25, -0.2) is 19.5 Å². The maximum absolute atomic E-state index is 13.3. The number of amides is 1. The summed E-state index contributed by atoms with van der Waals surface area (Å²) in [5.74, 6) is -0.746. The van der Waals surface area contributed by atoms with Crippen LogP contribution in [0.5, 0.6) is 0 Å². The average Bonchev–Trinajstić information content (AvgIpc) is 3.17. The van der Waals surface area contributed by atoms with Crippen molar-refractivity contribution < 1.29 is 9.18 Å². The number of halogens is 2. The molecule has 0 saturated carbocycles. The van der Waals surface area contributed by atoms with Gasteiger partial charge in [-0.1, -0.05) is 29.8 Å². The van der Waals surface area contributed by atoms with E-state index in [1.807, 2.05) is 36.4 Å². The number of hydrogen-bond acceptors (Lipinski definition) is 5. The van der Waals surface area contributed by atoms with Gasteiger partial charge in [-0.3, -0.25) is 9.78 Å². The van der Waals surface area contributed by atoms with E-state index in [4.69, 9.17) is 11.6 Å². The lowest BCUT2D eigenvalue weighted by atomic mass is 10.0. The minimum absolute atomic E-state index is 0.293. The van der Waals surface area contributed by atoms with Gasteiger partial charge in [-0.05, 0) is 55.5 Å². The molecule has 5 rings (SSSR count). The van der Waals surface area contributed by atoms with Gasteiger partial charge >= 0.3 is 0 Å². The summed E-state index contributed by atoms with van der Waals surface area (Å²) in [6, 6.07) is 18.6. The predicted molar refractivity (Wildman–Crippen MR) is 133 cm³/mol. The molecule has 0 saturated heterocycles. The third-order valence-corrected chi connectivity index (χ3v) is 5.78. The van der Waals surface area contributed by atoms with E-state index in [-0.39, 0.29) is 5.82 Å². The van der Waals surface area contributed by atoms with Gasteiger partial charge in [-0.2, -0.15) is 10.2 Å². The lowest BCUT2D eigenvalue weighted by Crippen LogP contribution is -2.18.